The number of carbonyl (C=O) groups excluding carboxylic acids is 1. The molecule has 0 radical (unpaired) electrons. The van der Waals surface area contributed by atoms with E-state index in [1.54, 1.807) is 17.9 Å². The minimum atomic E-state index is -0.263. The van der Waals surface area contributed by atoms with Gasteiger partial charge in [-0.05, 0) is 61.0 Å². The number of nitrogens with zero attached hydrogens (tertiary/aromatic N) is 2. The highest BCUT2D eigenvalue weighted by molar-refractivity contribution is 5.94. The van der Waals surface area contributed by atoms with Gasteiger partial charge in [-0.3, -0.25) is 4.79 Å². The lowest BCUT2D eigenvalue weighted by Crippen LogP contribution is -2.25. The number of furan rings is 1. The Balaban J connectivity index is 1.44. The molecule has 8 nitrogen and oxygen atoms in total. The van der Waals surface area contributed by atoms with Crippen molar-refractivity contribution in [3.63, 3.8) is 0 Å². The van der Waals surface area contributed by atoms with E-state index in [-0.39, 0.29) is 12.7 Å². The van der Waals surface area contributed by atoms with Crippen LogP contribution in [0.4, 0.5) is 0 Å². The Morgan fingerprint density at radius 1 is 1.06 bits per heavy atom. The summed E-state index contributed by atoms with van der Waals surface area (Å²) in [6, 6.07) is 18.3. The molecule has 0 bridgehead atoms. The molecular formula is C24H21N3O5. The third-order valence-corrected chi connectivity index (χ3v) is 5.14. The number of hydrogen-bond acceptors (Lipinski definition) is 6. The summed E-state index contributed by atoms with van der Waals surface area (Å²) in [5.74, 6) is 3.20. The summed E-state index contributed by atoms with van der Waals surface area (Å²) in [4.78, 5) is 13.1. The van der Waals surface area contributed by atoms with Crippen molar-refractivity contribution >= 4 is 5.91 Å². The molecule has 8 heteroatoms. The number of aryl methyl sites for hydroxylation is 1. The van der Waals surface area contributed by atoms with Crippen molar-refractivity contribution in [3.8, 4) is 34.4 Å². The summed E-state index contributed by atoms with van der Waals surface area (Å²) in [6.07, 6.45) is 0. The van der Waals surface area contributed by atoms with Crippen LogP contribution in [0.5, 0.6) is 17.2 Å². The van der Waals surface area contributed by atoms with Crippen LogP contribution >= 0.6 is 0 Å². The summed E-state index contributed by atoms with van der Waals surface area (Å²) >= 11 is 0. The first-order chi connectivity index (χ1) is 15.6. The number of aromatic nitrogens is 2. The van der Waals surface area contributed by atoms with E-state index in [2.05, 4.69) is 10.4 Å². The molecule has 0 fully saturated rings. The number of nitrogens with one attached hydrogen (secondary N) is 1. The van der Waals surface area contributed by atoms with Crippen molar-refractivity contribution in [1.82, 2.24) is 15.1 Å². The summed E-state index contributed by atoms with van der Waals surface area (Å²) in [7, 11) is 1.61. The summed E-state index contributed by atoms with van der Waals surface area (Å²) in [5.41, 5.74) is 2.59. The first-order valence-corrected chi connectivity index (χ1v) is 10.1. The van der Waals surface area contributed by atoms with E-state index >= 15 is 0 Å². The smallest absolute Gasteiger partial charge is 0.270 e. The Bertz CT molecular complexity index is 1270. The topological polar surface area (TPSA) is 87.8 Å². The predicted octanol–water partition coefficient (Wildman–Crippen LogP) is 4.11. The van der Waals surface area contributed by atoms with Crippen LogP contribution in [0, 0.1) is 6.92 Å². The molecular weight excluding hydrogens is 410 g/mol. The highest BCUT2D eigenvalue weighted by atomic mass is 16.7. The molecule has 1 amide bonds. The predicted molar refractivity (Wildman–Crippen MR) is 116 cm³/mol. The zero-order valence-corrected chi connectivity index (χ0v) is 17.6. The van der Waals surface area contributed by atoms with Crippen molar-refractivity contribution in [1.29, 1.82) is 0 Å². The van der Waals surface area contributed by atoms with E-state index in [1.807, 2.05) is 61.5 Å². The number of ether oxygens (including phenoxy) is 3. The lowest BCUT2D eigenvalue weighted by Gasteiger charge is -2.09. The lowest BCUT2D eigenvalue weighted by molar-refractivity contribution is 0.0943. The Labute approximate surface area is 184 Å². The molecule has 0 aliphatic carbocycles. The van der Waals surface area contributed by atoms with Gasteiger partial charge in [-0.15, -0.1) is 0 Å². The van der Waals surface area contributed by atoms with Crippen LogP contribution in [-0.4, -0.2) is 29.6 Å². The van der Waals surface area contributed by atoms with Gasteiger partial charge >= 0.3 is 0 Å². The molecule has 4 aromatic rings. The van der Waals surface area contributed by atoms with Gasteiger partial charge in [0.25, 0.3) is 5.91 Å². The molecule has 1 N–H and O–H groups in total. The first kappa shape index (κ1) is 19.7. The van der Waals surface area contributed by atoms with Crippen LogP contribution in [0.1, 0.15) is 21.8 Å². The summed E-state index contributed by atoms with van der Waals surface area (Å²) < 4.78 is 23.3. The first-order valence-electron chi connectivity index (χ1n) is 10.1. The maximum absolute atomic E-state index is 13.1. The SMILES string of the molecule is COc1ccc(-n2nc(-c3ccc(C)o3)cc2C(=O)NCc2ccc3c(c2)OCO3)cc1. The second-order valence-electron chi connectivity index (χ2n) is 7.31. The Morgan fingerprint density at radius 2 is 1.88 bits per heavy atom. The van der Waals surface area contributed by atoms with Crippen molar-refractivity contribution in [2.75, 3.05) is 13.9 Å². The van der Waals surface area contributed by atoms with Crippen LogP contribution in [0.25, 0.3) is 17.1 Å². The van der Waals surface area contributed by atoms with Crippen molar-refractivity contribution < 1.29 is 23.4 Å². The van der Waals surface area contributed by atoms with Gasteiger partial charge in [0, 0.05) is 12.6 Å². The van der Waals surface area contributed by atoms with Gasteiger partial charge in [-0.1, -0.05) is 6.07 Å². The van der Waals surface area contributed by atoms with Crippen molar-refractivity contribution in [2.24, 2.45) is 0 Å². The monoisotopic (exact) mass is 431 g/mol. The molecule has 0 saturated heterocycles. The highest BCUT2D eigenvalue weighted by Crippen LogP contribution is 2.32. The molecule has 32 heavy (non-hydrogen) atoms. The number of rotatable bonds is 6. The van der Waals surface area contributed by atoms with Gasteiger partial charge in [-0.2, -0.15) is 5.10 Å². The van der Waals surface area contributed by atoms with Crippen LogP contribution < -0.4 is 19.5 Å². The van der Waals surface area contributed by atoms with Crippen LogP contribution in [0.3, 0.4) is 0 Å². The van der Waals surface area contributed by atoms with E-state index in [9.17, 15) is 4.79 Å². The van der Waals surface area contributed by atoms with E-state index < -0.39 is 0 Å². The lowest BCUT2D eigenvalue weighted by atomic mass is 10.2. The molecule has 5 rings (SSSR count). The maximum Gasteiger partial charge on any atom is 0.270 e. The normalized spacial score (nSPS) is 12.1. The molecule has 0 atom stereocenters. The number of carbonyl (C=O) groups is 1. The van der Waals surface area contributed by atoms with Gasteiger partial charge in [0.05, 0.1) is 12.8 Å². The van der Waals surface area contributed by atoms with Gasteiger partial charge in [0.15, 0.2) is 17.3 Å². The standard InChI is InChI=1S/C24H21N3O5/c1-15-3-9-21(32-15)19-12-20(27(26-19)17-5-7-18(29-2)8-6-17)24(28)25-13-16-4-10-22-23(11-16)31-14-30-22/h3-12H,13-14H2,1-2H3,(H,25,28). The third-order valence-electron chi connectivity index (χ3n) is 5.14. The van der Waals surface area contributed by atoms with Gasteiger partial charge in [0.2, 0.25) is 6.79 Å². The number of amides is 1. The number of fused-ring (bicyclic) bond motifs is 1. The average Bonchev–Trinajstić information content (AvgIpc) is 3.56. The fraction of sp³-hybridized carbons (Fsp3) is 0.167. The molecule has 2 aromatic heterocycles. The number of hydrogen-bond donors (Lipinski definition) is 1. The summed E-state index contributed by atoms with van der Waals surface area (Å²) in [5, 5.41) is 7.59. The second kappa shape index (κ2) is 8.14. The highest BCUT2D eigenvalue weighted by Gasteiger charge is 2.20. The Kier molecular flexibility index (Phi) is 5.03. The quantitative estimate of drug-likeness (QED) is 0.494. The molecule has 1 aliphatic heterocycles. The molecule has 0 spiro atoms. The van der Waals surface area contributed by atoms with Crippen LogP contribution in [0.2, 0.25) is 0 Å². The molecule has 2 aromatic carbocycles. The van der Waals surface area contributed by atoms with Crippen molar-refractivity contribution in [3.05, 3.63) is 77.7 Å². The molecule has 0 saturated carbocycles. The van der Waals surface area contributed by atoms with E-state index in [1.165, 1.54) is 0 Å². The average molecular weight is 431 g/mol. The van der Waals surface area contributed by atoms with Crippen LogP contribution in [-0.2, 0) is 6.54 Å². The van der Waals surface area contributed by atoms with Gasteiger partial charge < -0.3 is 23.9 Å². The third kappa shape index (κ3) is 3.78. The van der Waals surface area contributed by atoms with E-state index in [0.717, 1.165) is 22.8 Å². The minimum absolute atomic E-state index is 0.210. The molecule has 162 valence electrons. The maximum atomic E-state index is 13.1. The second-order valence-corrected chi connectivity index (χ2v) is 7.31. The largest absolute Gasteiger partial charge is 0.497 e. The number of methoxy groups -OCH3 is 1. The fourth-order valence-electron chi connectivity index (χ4n) is 3.48. The van der Waals surface area contributed by atoms with E-state index in [4.69, 9.17) is 18.6 Å². The minimum Gasteiger partial charge on any atom is -0.497 e. The summed E-state index contributed by atoms with van der Waals surface area (Å²) in [6.45, 7) is 2.41. The zero-order valence-electron chi connectivity index (χ0n) is 17.6. The zero-order chi connectivity index (χ0) is 22.1. The Hall–Kier alpha value is -4.20. The molecule has 1 aliphatic rings. The fourth-order valence-corrected chi connectivity index (χ4v) is 3.48. The molecule has 3 heterocycles. The molecule has 0 unspecified atom stereocenters. The Morgan fingerprint density at radius 3 is 2.62 bits per heavy atom. The van der Waals surface area contributed by atoms with Crippen LogP contribution in [0.15, 0.2) is 65.1 Å². The number of benzene rings is 2. The van der Waals surface area contributed by atoms with Crippen molar-refractivity contribution in [2.45, 2.75) is 13.5 Å². The van der Waals surface area contributed by atoms with E-state index in [0.29, 0.717) is 35.2 Å². The van der Waals surface area contributed by atoms with Gasteiger partial charge in [-0.25, -0.2) is 4.68 Å². The van der Waals surface area contributed by atoms with Gasteiger partial charge in [0.1, 0.15) is 22.9 Å².